The predicted molar refractivity (Wildman–Crippen MR) is 159 cm³/mol. The van der Waals surface area contributed by atoms with Crippen LogP contribution in [0.2, 0.25) is 0 Å². The highest BCUT2D eigenvalue weighted by Gasteiger charge is 2.31. The summed E-state index contributed by atoms with van der Waals surface area (Å²) in [5, 5.41) is 17.8. The van der Waals surface area contributed by atoms with E-state index in [9.17, 15) is 18.7 Å². The number of hydrogen-bond donors (Lipinski definition) is 3. The molecule has 1 aliphatic carbocycles. The summed E-state index contributed by atoms with van der Waals surface area (Å²) in [4.78, 5) is 13.0. The van der Waals surface area contributed by atoms with Crippen molar-refractivity contribution in [3.05, 3.63) is 130 Å². The van der Waals surface area contributed by atoms with Crippen molar-refractivity contribution in [3.63, 3.8) is 0 Å². The molecule has 4 aromatic rings. The van der Waals surface area contributed by atoms with Gasteiger partial charge in [0.05, 0.1) is 18.2 Å². The summed E-state index contributed by atoms with van der Waals surface area (Å²) in [6.45, 7) is 6.81. The molecule has 0 spiro atoms. The van der Waals surface area contributed by atoms with Crippen molar-refractivity contribution in [1.29, 1.82) is 0 Å². The third-order valence-electron chi connectivity index (χ3n) is 7.45. The largest absolute Gasteiger partial charge is 0.390 e. The highest BCUT2D eigenvalue weighted by molar-refractivity contribution is 5.94. The number of aliphatic hydroxyl groups is 1. The van der Waals surface area contributed by atoms with E-state index >= 15 is 0 Å². The zero-order valence-electron chi connectivity index (χ0n) is 23.6. The minimum Gasteiger partial charge on any atom is -0.390 e. The number of benzene rings is 4. The van der Waals surface area contributed by atoms with Gasteiger partial charge in [-0.25, -0.2) is 8.78 Å². The Morgan fingerprint density at radius 2 is 1.49 bits per heavy atom. The Bertz CT molecular complexity index is 1510. The first-order valence-corrected chi connectivity index (χ1v) is 14.0. The molecular weight excluding hydrogens is 518 g/mol. The Hall–Kier alpha value is -3.87. The molecule has 1 unspecified atom stereocenters. The van der Waals surface area contributed by atoms with Crippen LogP contribution in [0.15, 0.2) is 91.0 Å². The van der Waals surface area contributed by atoms with E-state index in [2.05, 4.69) is 61.7 Å². The van der Waals surface area contributed by atoms with Crippen LogP contribution in [-0.4, -0.2) is 29.7 Å². The van der Waals surface area contributed by atoms with E-state index in [0.717, 1.165) is 34.7 Å². The molecule has 5 rings (SSSR count). The van der Waals surface area contributed by atoms with E-state index in [1.165, 1.54) is 17.7 Å². The molecule has 3 N–H and O–H groups in total. The fourth-order valence-corrected chi connectivity index (χ4v) is 5.69. The molecule has 0 heterocycles. The van der Waals surface area contributed by atoms with Crippen LogP contribution in [0.3, 0.4) is 0 Å². The number of aliphatic hydroxyl groups excluding tert-OH is 1. The Kier molecular flexibility index (Phi) is 8.34. The van der Waals surface area contributed by atoms with Gasteiger partial charge in [0.25, 0.3) is 5.91 Å². The summed E-state index contributed by atoms with van der Waals surface area (Å²) < 4.78 is 27.9. The minimum absolute atomic E-state index is 0.0592. The molecule has 4 aromatic carbocycles. The van der Waals surface area contributed by atoms with E-state index in [1.807, 2.05) is 18.2 Å². The molecule has 0 saturated heterocycles. The van der Waals surface area contributed by atoms with Gasteiger partial charge in [0.15, 0.2) is 0 Å². The van der Waals surface area contributed by atoms with Gasteiger partial charge in [-0.15, -0.1) is 0 Å². The number of amides is 1. The fraction of sp³-hybridized carbons (Fsp3) is 0.286. The normalized spacial score (nSPS) is 15.6. The maximum absolute atomic E-state index is 14.0. The molecule has 0 fully saturated rings. The Morgan fingerprint density at radius 1 is 0.829 bits per heavy atom. The topological polar surface area (TPSA) is 61.4 Å². The van der Waals surface area contributed by atoms with Crippen molar-refractivity contribution in [2.45, 2.75) is 51.8 Å². The van der Waals surface area contributed by atoms with E-state index in [0.29, 0.717) is 11.1 Å². The van der Waals surface area contributed by atoms with Crippen LogP contribution in [0.25, 0.3) is 11.1 Å². The zero-order valence-corrected chi connectivity index (χ0v) is 23.6. The first-order valence-electron chi connectivity index (χ1n) is 14.0. The summed E-state index contributed by atoms with van der Waals surface area (Å²) in [5.41, 5.74) is 6.76. The van der Waals surface area contributed by atoms with E-state index < -0.39 is 23.8 Å². The van der Waals surface area contributed by atoms with Gasteiger partial charge in [-0.1, -0.05) is 81.4 Å². The fourth-order valence-electron chi connectivity index (χ4n) is 5.69. The SMILES string of the molecule is CC(C)(C)Cc1ccc2c(c1)C(NC[C@H](O)[C@H](Cc1cc(F)cc(F)c1)NC(=O)c1ccccc1)c1ccccc1-2. The number of carbonyl (C=O) groups is 1. The highest BCUT2D eigenvalue weighted by Crippen LogP contribution is 2.44. The van der Waals surface area contributed by atoms with Crippen LogP contribution < -0.4 is 10.6 Å². The lowest BCUT2D eigenvalue weighted by Crippen LogP contribution is -2.49. The van der Waals surface area contributed by atoms with Crippen molar-refractivity contribution >= 4 is 5.91 Å². The van der Waals surface area contributed by atoms with Gasteiger partial charge in [-0.2, -0.15) is 0 Å². The maximum atomic E-state index is 14.0. The minimum atomic E-state index is -1.04. The standard InChI is InChI=1S/C35H36F2N2O2/c1-35(2,3)20-22-13-14-28-27-11-7-8-12-29(27)33(30(28)17-22)38-21-32(40)31(18-23-15-25(36)19-26(37)16-23)39-34(41)24-9-5-4-6-10-24/h4-17,19,31-33,38,40H,18,20-21H2,1-3H3,(H,39,41)/t31-,32-,33?/m0/s1. The van der Waals surface area contributed by atoms with Crippen LogP contribution in [0.5, 0.6) is 0 Å². The number of halogens is 2. The van der Waals surface area contributed by atoms with Crippen molar-refractivity contribution in [2.75, 3.05) is 6.54 Å². The van der Waals surface area contributed by atoms with Gasteiger partial charge in [-0.05, 0) is 75.9 Å². The lowest BCUT2D eigenvalue weighted by Gasteiger charge is -2.27. The van der Waals surface area contributed by atoms with Gasteiger partial charge in [0.2, 0.25) is 0 Å². The summed E-state index contributed by atoms with van der Waals surface area (Å²) in [6.07, 6.45) is -0.0454. The van der Waals surface area contributed by atoms with Crippen molar-refractivity contribution < 1.29 is 18.7 Å². The molecule has 1 aliphatic rings. The van der Waals surface area contributed by atoms with Crippen LogP contribution >= 0.6 is 0 Å². The number of hydrogen-bond acceptors (Lipinski definition) is 3. The molecule has 0 radical (unpaired) electrons. The summed E-state index contributed by atoms with van der Waals surface area (Å²) >= 11 is 0. The molecule has 6 heteroatoms. The van der Waals surface area contributed by atoms with Crippen LogP contribution in [0, 0.1) is 17.0 Å². The average Bonchev–Trinajstić information content (AvgIpc) is 3.23. The average molecular weight is 555 g/mol. The molecule has 0 saturated carbocycles. The van der Waals surface area contributed by atoms with Crippen molar-refractivity contribution in [1.82, 2.24) is 10.6 Å². The predicted octanol–water partition coefficient (Wildman–Crippen LogP) is 6.62. The van der Waals surface area contributed by atoms with Crippen LogP contribution in [0.4, 0.5) is 8.78 Å². The number of carbonyl (C=O) groups excluding carboxylic acids is 1. The van der Waals surface area contributed by atoms with E-state index in [4.69, 9.17) is 0 Å². The third kappa shape index (κ3) is 6.89. The zero-order chi connectivity index (χ0) is 29.1. The smallest absolute Gasteiger partial charge is 0.251 e. The molecule has 0 aliphatic heterocycles. The van der Waals surface area contributed by atoms with Gasteiger partial charge in [0, 0.05) is 18.2 Å². The second-order valence-corrected chi connectivity index (χ2v) is 12.1. The molecule has 3 atom stereocenters. The van der Waals surface area contributed by atoms with Gasteiger partial charge >= 0.3 is 0 Å². The second-order valence-electron chi connectivity index (χ2n) is 12.1. The molecule has 0 aromatic heterocycles. The molecule has 4 nitrogen and oxygen atoms in total. The highest BCUT2D eigenvalue weighted by atomic mass is 19.1. The molecular formula is C35H36F2N2O2. The summed E-state index contributed by atoms with van der Waals surface area (Å²) in [5.74, 6) is -1.77. The van der Waals surface area contributed by atoms with Gasteiger partial charge in [0.1, 0.15) is 11.6 Å². The lowest BCUT2D eigenvalue weighted by atomic mass is 9.87. The van der Waals surface area contributed by atoms with Gasteiger partial charge < -0.3 is 15.7 Å². The first kappa shape index (κ1) is 28.7. The monoisotopic (exact) mass is 554 g/mol. The number of nitrogens with one attached hydrogen (secondary N) is 2. The molecule has 41 heavy (non-hydrogen) atoms. The number of rotatable bonds is 9. The molecule has 0 bridgehead atoms. The molecule has 212 valence electrons. The van der Waals surface area contributed by atoms with E-state index in [1.54, 1.807) is 24.3 Å². The second kappa shape index (κ2) is 11.9. The quantitative estimate of drug-likeness (QED) is 0.218. The summed E-state index contributed by atoms with van der Waals surface area (Å²) in [6, 6.07) is 25.8. The van der Waals surface area contributed by atoms with Crippen LogP contribution in [0.1, 0.15) is 59.4 Å². The van der Waals surface area contributed by atoms with Crippen molar-refractivity contribution in [3.8, 4) is 11.1 Å². The van der Waals surface area contributed by atoms with Crippen LogP contribution in [-0.2, 0) is 12.8 Å². The first-order chi connectivity index (χ1) is 19.6. The maximum Gasteiger partial charge on any atom is 0.251 e. The Morgan fingerprint density at radius 3 is 2.20 bits per heavy atom. The Labute approximate surface area is 240 Å². The van der Waals surface area contributed by atoms with Gasteiger partial charge in [-0.3, -0.25) is 4.79 Å². The molecule has 1 amide bonds. The van der Waals surface area contributed by atoms with Crippen molar-refractivity contribution in [2.24, 2.45) is 5.41 Å². The van der Waals surface area contributed by atoms with E-state index in [-0.39, 0.29) is 30.3 Å². The third-order valence-corrected chi connectivity index (χ3v) is 7.45. The lowest BCUT2D eigenvalue weighted by molar-refractivity contribution is 0.0827. The summed E-state index contributed by atoms with van der Waals surface area (Å²) in [7, 11) is 0. The Balaban J connectivity index is 1.39. The number of fused-ring (bicyclic) bond motifs is 3.